The van der Waals surface area contributed by atoms with Crippen molar-refractivity contribution in [2.24, 2.45) is 5.84 Å². The normalized spacial score (nSPS) is 12.2. The first kappa shape index (κ1) is 15.3. The third-order valence-electron chi connectivity index (χ3n) is 3.06. The van der Waals surface area contributed by atoms with Gasteiger partial charge in [-0.15, -0.1) is 0 Å². The monoisotopic (exact) mass is 287 g/mol. The van der Waals surface area contributed by atoms with Gasteiger partial charge in [-0.3, -0.25) is 10.8 Å². The number of benzene rings is 1. The van der Waals surface area contributed by atoms with Gasteiger partial charge in [0.25, 0.3) is 0 Å². The second-order valence-corrected chi connectivity index (χ2v) is 4.99. The number of hydrogen-bond acceptors (Lipinski definition) is 5. The van der Waals surface area contributed by atoms with Gasteiger partial charge in [-0.25, -0.2) is 5.43 Å². The molecule has 0 aliphatic heterocycles. The Balaban J connectivity index is 2.27. The van der Waals surface area contributed by atoms with E-state index in [-0.39, 0.29) is 12.1 Å². The van der Waals surface area contributed by atoms with Gasteiger partial charge in [0.05, 0.1) is 25.5 Å². The molecule has 1 heterocycles. The van der Waals surface area contributed by atoms with E-state index >= 15 is 0 Å². The predicted octanol–water partition coefficient (Wildman–Crippen LogP) is 2.43. The lowest BCUT2D eigenvalue weighted by atomic mass is 10.0. The second kappa shape index (κ2) is 7.06. The van der Waals surface area contributed by atoms with Crippen molar-refractivity contribution in [1.29, 1.82) is 0 Å². The number of ether oxygens (including phenoxy) is 2. The van der Waals surface area contributed by atoms with Crippen LogP contribution in [0.15, 0.2) is 42.7 Å². The van der Waals surface area contributed by atoms with Crippen LogP contribution in [0.1, 0.15) is 31.0 Å². The Morgan fingerprint density at radius 2 is 1.76 bits per heavy atom. The van der Waals surface area contributed by atoms with Crippen LogP contribution in [0, 0.1) is 0 Å². The van der Waals surface area contributed by atoms with Crippen LogP contribution in [0.5, 0.6) is 11.5 Å². The Labute approximate surface area is 125 Å². The van der Waals surface area contributed by atoms with Crippen LogP contribution >= 0.6 is 0 Å². The molecule has 0 amide bonds. The Hall–Kier alpha value is -2.11. The van der Waals surface area contributed by atoms with Crippen LogP contribution in [0.3, 0.4) is 0 Å². The van der Waals surface area contributed by atoms with Crippen LogP contribution in [0.4, 0.5) is 0 Å². The fraction of sp³-hybridized carbons (Fsp3) is 0.312. The van der Waals surface area contributed by atoms with Gasteiger partial charge in [0.2, 0.25) is 0 Å². The zero-order chi connectivity index (χ0) is 15.2. The van der Waals surface area contributed by atoms with Crippen LogP contribution in [-0.4, -0.2) is 18.2 Å². The molecular weight excluding hydrogens is 266 g/mol. The van der Waals surface area contributed by atoms with Gasteiger partial charge in [0, 0.05) is 6.20 Å². The Morgan fingerprint density at radius 3 is 2.33 bits per heavy atom. The van der Waals surface area contributed by atoms with Gasteiger partial charge in [0.15, 0.2) is 0 Å². The lowest BCUT2D eigenvalue weighted by Crippen LogP contribution is -2.29. The molecule has 1 atom stereocenters. The predicted molar refractivity (Wildman–Crippen MR) is 82.2 cm³/mol. The van der Waals surface area contributed by atoms with Crippen molar-refractivity contribution in [2.75, 3.05) is 7.11 Å². The van der Waals surface area contributed by atoms with Crippen molar-refractivity contribution >= 4 is 0 Å². The molecule has 2 aromatic rings. The van der Waals surface area contributed by atoms with Crippen molar-refractivity contribution in [3.63, 3.8) is 0 Å². The number of nitrogens with two attached hydrogens (primary N) is 1. The lowest BCUT2D eigenvalue weighted by molar-refractivity contribution is 0.241. The van der Waals surface area contributed by atoms with Crippen LogP contribution in [0.2, 0.25) is 0 Å². The van der Waals surface area contributed by atoms with Crippen molar-refractivity contribution in [3.8, 4) is 11.5 Å². The van der Waals surface area contributed by atoms with E-state index in [9.17, 15) is 0 Å². The number of pyridine rings is 1. The molecule has 112 valence electrons. The third kappa shape index (κ3) is 3.93. The van der Waals surface area contributed by atoms with Gasteiger partial charge in [-0.1, -0.05) is 12.1 Å². The standard InChI is InChI=1S/C16H21N3O2/c1-11(2)21-15-8-13(9-18-10-15)16(19-17)12-4-6-14(20-3)7-5-12/h4-11,16,19H,17H2,1-3H3. The minimum Gasteiger partial charge on any atom is -0.497 e. The second-order valence-electron chi connectivity index (χ2n) is 4.99. The summed E-state index contributed by atoms with van der Waals surface area (Å²) in [5.74, 6) is 7.25. The molecule has 3 N–H and O–H groups in total. The topological polar surface area (TPSA) is 69.4 Å². The number of aromatic nitrogens is 1. The third-order valence-corrected chi connectivity index (χ3v) is 3.06. The molecule has 2 rings (SSSR count). The number of methoxy groups -OCH3 is 1. The van der Waals surface area contributed by atoms with Crippen molar-refractivity contribution in [3.05, 3.63) is 53.9 Å². The van der Waals surface area contributed by atoms with Crippen molar-refractivity contribution in [1.82, 2.24) is 10.4 Å². The smallest absolute Gasteiger partial charge is 0.138 e. The highest BCUT2D eigenvalue weighted by Gasteiger charge is 2.14. The molecule has 0 aliphatic carbocycles. The number of hydrazine groups is 1. The molecule has 0 saturated carbocycles. The maximum absolute atomic E-state index is 5.71. The van der Waals surface area contributed by atoms with E-state index in [0.717, 1.165) is 22.6 Å². The van der Waals surface area contributed by atoms with Crippen LogP contribution in [-0.2, 0) is 0 Å². The Kier molecular flexibility index (Phi) is 5.14. The molecule has 1 aromatic carbocycles. The number of nitrogens with one attached hydrogen (secondary N) is 1. The quantitative estimate of drug-likeness (QED) is 0.631. The molecule has 0 aliphatic rings. The largest absolute Gasteiger partial charge is 0.497 e. The number of nitrogens with zero attached hydrogens (tertiary/aromatic N) is 1. The van der Waals surface area contributed by atoms with Gasteiger partial charge in [-0.05, 0) is 43.2 Å². The molecule has 5 heteroatoms. The summed E-state index contributed by atoms with van der Waals surface area (Å²) in [6.07, 6.45) is 3.58. The number of rotatable bonds is 6. The van der Waals surface area contributed by atoms with E-state index in [2.05, 4.69) is 10.4 Å². The minimum absolute atomic E-state index is 0.104. The summed E-state index contributed by atoms with van der Waals surface area (Å²) in [6, 6.07) is 9.54. The molecule has 0 bridgehead atoms. The summed E-state index contributed by atoms with van der Waals surface area (Å²) in [5, 5.41) is 0. The van der Waals surface area contributed by atoms with Crippen LogP contribution < -0.4 is 20.7 Å². The fourth-order valence-electron chi connectivity index (χ4n) is 2.11. The molecule has 1 unspecified atom stereocenters. The van der Waals surface area contributed by atoms with Gasteiger partial charge in [-0.2, -0.15) is 0 Å². The summed E-state index contributed by atoms with van der Waals surface area (Å²) in [4.78, 5) is 4.22. The summed E-state index contributed by atoms with van der Waals surface area (Å²) in [7, 11) is 1.64. The first-order valence-corrected chi connectivity index (χ1v) is 6.85. The molecule has 5 nitrogen and oxygen atoms in total. The average Bonchev–Trinajstić information content (AvgIpc) is 2.48. The van der Waals surface area contributed by atoms with Crippen molar-refractivity contribution in [2.45, 2.75) is 26.0 Å². The molecular formula is C16H21N3O2. The minimum atomic E-state index is -0.154. The summed E-state index contributed by atoms with van der Waals surface area (Å²) in [5.41, 5.74) is 4.79. The maximum atomic E-state index is 5.71. The zero-order valence-electron chi connectivity index (χ0n) is 12.5. The first-order valence-electron chi connectivity index (χ1n) is 6.85. The van der Waals surface area contributed by atoms with Gasteiger partial charge < -0.3 is 9.47 Å². The molecule has 0 radical (unpaired) electrons. The summed E-state index contributed by atoms with van der Waals surface area (Å²) < 4.78 is 10.8. The average molecular weight is 287 g/mol. The molecule has 0 fully saturated rings. The number of hydrogen-bond donors (Lipinski definition) is 2. The van der Waals surface area contributed by atoms with E-state index in [1.54, 1.807) is 19.5 Å². The van der Waals surface area contributed by atoms with E-state index in [1.807, 2.05) is 44.2 Å². The Bertz CT molecular complexity index is 570. The molecule has 21 heavy (non-hydrogen) atoms. The zero-order valence-corrected chi connectivity index (χ0v) is 12.5. The molecule has 1 aromatic heterocycles. The van der Waals surface area contributed by atoms with E-state index in [0.29, 0.717) is 0 Å². The molecule has 0 spiro atoms. The highest BCUT2D eigenvalue weighted by atomic mass is 16.5. The maximum Gasteiger partial charge on any atom is 0.138 e. The summed E-state index contributed by atoms with van der Waals surface area (Å²) in [6.45, 7) is 3.96. The van der Waals surface area contributed by atoms with Gasteiger partial charge in [0.1, 0.15) is 11.5 Å². The van der Waals surface area contributed by atoms with E-state index in [1.165, 1.54) is 0 Å². The van der Waals surface area contributed by atoms with E-state index in [4.69, 9.17) is 15.3 Å². The fourth-order valence-corrected chi connectivity index (χ4v) is 2.11. The summed E-state index contributed by atoms with van der Waals surface area (Å²) >= 11 is 0. The highest BCUT2D eigenvalue weighted by Crippen LogP contribution is 2.25. The highest BCUT2D eigenvalue weighted by molar-refractivity contribution is 5.36. The van der Waals surface area contributed by atoms with Crippen LogP contribution in [0.25, 0.3) is 0 Å². The Morgan fingerprint density at radius 1 is 1.05 bits per heavy atom. The lowest BCUT2D eigenvalue weighted by Gasteiger charge is -2.18. The van der Waals surface area contributed by atoms with Gasteiger partial charge >= 0.3 is 0 Å². The molecule has 0 saturated heterocycles. The van der Waals surface area contributed by atoms with Crippen molar-refractivity contribution < 1.29 is 9.47 Å². The first-order chi connectivity index (χ1) is 10.1. The van der Waals surface area contributed by atoms with E-state index < -0.39 is 0 Å². The SMILES string of the molecule is COc1ccc(C(NN)c2cncc(OC(C)C)c2)cc1.